The third-order valence-electron chi connectivity index (χ3n) is 4.97. The SMILES string of the molecule is COc1ccc(-c2cnn3c(C)c(C(=O)NCC4COC(C)(C)O4)cnc23)cc1. The van der Waals surface area contributed by atoms with E-state index in [-0.39, 0.29) is 12.0 Å². The van der Waals surface area contributed by atoms with Gasteiger partial charge in [-0.1, -0.05) is 12.1 Å². The van der Waals surface area contributed by atoms with E-state index in [2.05, 4.69) is 15.4 Å². The van der Waals surface area contributed by atoms with E-state index in [1.807, 2.05) is 45.0 Å². The summed E-state index contributed by atoms with van der Waals surface area (Å²) in [4.78, 5) is 17.2. The number of ether oxygens (including phenoxy) is 3. The topological polar surface area (TPSA) is 87.0 Å². The lowest BCUT2D eigenvalue weighted by atomic mass is 10.1. The van der Waals surface area contributed by atoms with Crippen LogP contribution in [0.1, 0.15) is 29.9 Å². The molecular formula is C21H24N4O4. The number of carbonyl (C=O) groups is 1. The lowest BCUT2D eigenvalue weighted by molar-refractivity contribution is -0.137. The number of aromatic nitrogens is 3. The van der Waals surface area contributed by atoms with E-state index >= 15 is 0 Å². The molecule has 1 fully saturated rings. The highest BCUT2D eigenvalue weighted by Crippen LogP contribution is 2.26. The van der Waals surface area contributed by atoms with Gasteiger partial charge >= 0.3 is 0 Å². The van der Waals surface area contributed by atoms with Crippen LogP contribution in [-0.4, -0.2) is 52.7 Å². The first-order valence-electron chi connectivity index (χ1n) is 9.46. The number of benzene rings is 1. The molecule has 3 aromatic rings. The van der Waals surface area contributed by atoms with Gasteiger partial charge in [-0.15, -0.1) is 0 Å². The van der Waals surface area contributed by atoms with Gasteiger partial charge in [0.2, 0.25) is 0 Å². The second-order valence-electron chi connectivity index (χ2n) is 7.44. The zero-order valence-electron chi connectivity index (χ0n) is 16.9. The predicted molar refractivity (Wildman–Crippen MR) is 107 cm³/mol. The van der Waals surface area contributed by atoms with Crippen molar-refractivity contribution in [3.63, 3.8) is 0 Å². The predicted octanol–water partition coefficient (Wildman–Crippen LogP) is 2.59. The lowest BCUT2D eigenvalue weighted by Gasteiger charge is -2.17. The van der Waals surface area contributed by atoms with Crippen LogP contribution in [0.2, 0.25) is 0 Å². The Hall–Kier alpha value is -2.97. The smallest absolute Gasteiger partial charge is 0.254 e. The summed E-state index contributed by atoms with van der Waals surface area (Å²) >= 11 is 0. The molecule has 1 aliphatic rings. The molecule has 0 radical (unpaired) electrons. The Labute approximate surface area is 168 Å². The second-order valence-corrected chi connectivity index (χ2v) is 7.44. The molecule has 0 aliphatic carbocycles. The number of nitrogens with one attached hydrogen (secondary N) is 1. The molecule has 3 heterocycles. The average Bonchev–Trinajstić information content (AvgIpc) is 3.30. The molecule has 1 aromatic carbocycles. The first-order valence-corrected chi connectivity index (χ1v) is 9.46. The number of fused-ring (bicyclic) bond motifs is 1. The van der Waals surface area contributed by atoms with Crippen LogP contribution in [-0.2, 0) is 9.47 Å². The van der Waals surface area contributed by atoms with Gasteiger partial charge in [-0.05, 0) is 38.5 Å². The minimum Gasteiger partial charge on any atom is -0.497 e. The van der Waals surface area contributed by atoms with Crippen LogP contribution in [0.15, 0.2) is 36.7 Å². The van der Waals surface area contributed by atoms with Crippen molar-refractivity contribution in [2.45, 2.75) is 32.7 Å². The summed E-state index contributed by atoms with van der Waals surface area (Å²) in [6.07, 6.45) is 3.17. The number of rotatable bonds is 5. The molecule has 152 valence electrons. The minimum absolute atomic E-state index is 0.169. The fourth-order valence-corrected chi connectivity index (χ4v) is 3.41. The van der Waals surface area contributed by atoms with Gasteiger partial charge < -0.3 is 19.5 Å². The summed E-state index contributed by atoms with van der Waals surface area (Å²) in [5.41, 5.74) is 3.75. The molecular weight excluding hydrogens is 372 g/mol. The van der Waals surface area contributed by atoms with Crippen LogP contribution in [0, 0.1) is 6.92 Å². The molecule has 29 heavy (non-hydrogen) atoms. The number of hydrogen-bond donors (Lipinski definition) is 1. The van der Waals surface area contributed by atoms with Gasteiger partial charge in [0, 0.05) is 18.3 Å². The van der Waals surface area contributed by atoms with Crippen molar-refractivity contribution >= 4 is 11.6 Å². The van der Waals surface area contributed by atoms with E-state index in [4.69, 9.17) is 14.2 Å². The van der Waals surface area contributed by atoms with Crippen molar-refractivity contribution in [1.82, 2.24) is 19.9 Å². The van der Waals surface area contributed by atoms with Crippen molar-refractivity contribution in [2.75, 3.05) is 20.3 Å². The Balaban J connectivity index is 1.54. The average molecular weight is 396 g/mol. The van der Waals surface area contributed by atoms with Crippen LogP contribution >= 0.6 is 0 Å². The van der Waals surface area contributed by atoms with Crippen molar-refractivity contribution in [3.05, 3.63) is 47.9 Å². The number of aryl methyl sites for hydroxylation is 1. The summed E-state index contributed by atoms with van der Waals surface area (Å²) in [6, 6.07) is 7.70. The number of hydrogen-bond acceptors (Lipinski definition) is 6. The van der Waals surface area contributed by atoms with Crippen molar-refractivity contribution < 1.29 is 19.0 Å². The van der Waals surface area contributed by atoms with E-state index in [0.717, 1.165) is 22.6 Å². The molecule has 1 amide bonds. The molecule has 1 saturated heterocycles. The third kappa shape index (κ3) is 3.81. The molecule has 1 aliphatic heterocycles. The highest BCUT2D eigenvalue weighted by Gasteiger charge is 2.32. The van der Waals surface area contributed by atoms with Gasteiger partial charge in [0.05, 0.1) is 31.2 Å². The van der Waals surface area contributed by atoms with E-state index < -0.39 is 5.79 Å². The maximum absolute atomic E-state index is 12.7. The fraction of sp³-hybridized carbons (Fsp3) is 0.381. The van der Waals surface area contributed by atoms with E-state index in [0.29, 0.717) is 24.4 Å². The maximum atomic E-state index is 12.7. The second kappa shape index (κ2) is 7.46. The number of carbonyl (C=O) groups excluding carboxylic acids is 1. The maximum Gasteiger partial charge on any atom is 0.254 e. The lowest BCUT2D eigenvalue weighted by Crippen LogP contribution is -2.35. The summed E-state index contributed by atoms with van der Waals surface area (Å²) in [7, 11) is 1.63. The monoisotopic (exact) mass is 396 g/mol. The zero-order valence-corrected chi connectivity index (χ0v) is 16.9. The van der Waals surface area contributed by atoms with E-state index in [9.17, 15) is 4.79 Å². The first kappa shape index (κ1) is 19.4. The molecule has 0 spiro atoms. The molecule has 1 atom stereocenters. The molecule has 0 saturated carbocycles. The van der Waals surface area contributed by atoms with Gasteiger partial charge in [0.15, 0.2) is 11.4 Å². The molecule has 2 aromatic heterocycles. The highest BCUT2D eigenvalue weighted by molar-refractivity contribution is 5.95. The van der Waals surface area contributed by atoms with Crippen LogP contribution < -0.4 is 10.1 Å². The minimum atomic E-state index is -0.612. The van der Waals surface area contributed by atoms with Gasteiger partial charge in [-0.2, -0.15) is 5.10 Å². The highest BCUT2D eigenvalue weighted by atomic mass is 16.7. The van der Waals surface area contributed by atoms with Gasteiger partial charge in [0.1, 0.15) is 11.9 Å². The largest absolute Gasteiger partial charge is 0.497 e. The normalized spacial score (nSPS) is 18.1. The summed E-state index contributed by atoms with van der Waals surface area (Å²) in [5.74, 6) is -0.0429. The van der Waals surface area contributed by atoms with Crippen molar-refractivity contribution in [2.24, 2.45) is 0 Å². The Bertz CT molecular complexity index is 1040. The number of methoxy groups -OCH3 is 1. The van der Waals surface area contributed by atoms with Crippen LogP contribution in [0.3, 0.4) is 0 Å². The van der Waals surface area contributed by atoms with E-state index in [1.54, 1.807) is 24.0 Å². The van der Waals surface area contributed by atoms with Crippen LogP contribution in [0.25, 0.3) is 16.8 Å². The molecule has 0 bridgehead atoms. The first-order chi connectivity index (χ1) is 13.9. The Morgan fingerprint density at radius 1 is 1.31 bits per heavy atom. The van der Waals surface area contributed by atoms with Crippen LogP contribution in [0.5, 0.6) is 5.75 Å². The fourth-order valence-electron chi connectivity index (χ4n) is 3.41. The molecule has 8 nitrogen and oxygen atoms in total. The number of nitrogens with zero attached hydrogens (tertiary/aromatic N) is 3. The quantitative estimate of drug-likeness (QED) is 0.713. The van der Waals surface area contributed by atoms with Gasteiger partial charge in [0.25, 0.3) is 5.91 Å². The molecule has 1 N–H and O–H groups in total. The van der Waals surface area contributed by atoms with Gasteiger partial charge in [-0.25, -0.2) is 9.50 Å². The molecule has 8 heteroatoms. The Kier molecular flexibility index (Phi) is 4.97. The van der Waals surface area contributed by atoms with Crippen molar-refractivity contribution in [1.29, 1.82) is 0 Å². The van der Waals surface area contributed by atoms with E-state index in [1.165, 1.54) is 0 Å². The van der Waals surface area contributed by atoms with Crippen LogP contribution in [0.4, 0.5) is 0 Å². The molecule has 1 unspecified atom stereocenters. The Morgan fingerprint density at radius 3 is 2.72 bits per heavy atom. The Morgan fingerprint density at radius 2 is 2.07 bits per heavy atom. The molecule has 4 rings (SSSR count). The summed E-state index contributed by atoms with van der Waals surface area (Å²) in [6.45, 7) is 6.39. The standard InChI is InChI=1S/C21H24N4O4/c1-13-17(20(26)23-9-16-12-28-21(2,3)29-16)10-22-19-18(11-24-25(13)19)14-5-7-15(27-4)8-6-14/h5-8,10-11,16H,9,12H2,1-4H3,(H,23,26). The summed E-state index contributed by atoms with van der Waals surface area (Å²) in [5, 5.41) is 7.33. The number of amides is 1. The van der Waals surface area contributed by atoms with Crippen molar-refractivity contribution in [3.8, 4) is 16.9 Å². The zero-order chi connectivity index (χ0) is 20.6. The summed E-state index contributed by atoms with van der Waals surface area (Å²) < 4.78 is 18.1. The van der Waals surface area contributed by atoms with Gasteiger partial charge in [-0.3, -0.25) is 4.79 Å². The third-order valence-corrected chi connectivity index (χ3v) is 4.97.